The number of benzene rings is 2. The third-order valence-electron chi connectivity index (χ3n) is 5.56. The highest BCUT2D eigenvalue weighted by atomic mass is 19.1. The lowest BCUT2D eigenvalue weighted by molar-refractivity contribution is -0.159. The summed E-state index contributed by atoms with van der Waals surface area (Å²) in [6, 6.07) is 13.7. The van der Waals surface area contributed by atoms with Gasteiger partial charge in [-0.1, -0.05) is 51.1 Å². The zero-order chi connectivity index (χ0) is 22.4. The lowest BCUT2D eigenvalue weighted by atomic mass is 10.0. The molecule has 0 saturated carbocycles. The number of nitrogens with zero attached hydrogens (tertiary/aromatic N) is 1. The summed E-state index contributed by atoms with van der Waals surface area (Å²) in [5.74, 6) is -0.263. The highest BCUT2D eigenvalue weighted by Crippen LogP contribution is 2.28. The largest absolute Gasteiger partial charge is 0.478 e. The van der Waals surface area contributed by atoms with Crippen LogP contribution in [0.3, 0.4) is 0 Å². The number of halogens is 1. The van der Waals surface area contributed by atoms with Crippen molar-refractivity contribution in [1.29, 1.82) is 0 Å². The van der Waals surface area contributed by atoms with Gasteiger partial charge >= 0.3 is 5.97 Å². The molecule has 2 aromatic rings. The van der Waals surface area contributed by atoms with Gasteiger partial charge in [-0.15, -0.1) is 0 Å². The van der Waals surface area contributed by atoms with Crippen molar-refractivity contribution >= 4 is 11.9 Å². The SMILES string of the molecule is CCC(Oc1ccccc1C(C)C)C(=O)OC1CCN(C(=O)c2ccccc2F)CC1. The number of carbonyl (C=O) groups is 2. The molecule has 0 aliphatic carbocycles. The van der Waals surface area contributed by atoms with Crippen molar-refractivity contribution in [3.8, 4) is 5.75 Å². The van der Waals surface area contributed by atoms with Crippen LogP contribution in [0.15, 0.2) is 48.5 Å². The molecule has 2 aromatic carbocycles. The molecule has 0 N–H and O–H groups in total. The minimum atomic E-state index is -0.682. The predicted molar refractivity (Wildman–Crippen MR) is 117 cm³/mol. The molecule has 1 saturated heterocycles. The van der Waals surface area contributed by atoms with E-state index < -0.39 is 11.9 Å². The molecular weight excluding hydrogens is 397 g/mol. The highest BCUT2D eigenvalue weighted by molar-refractivity contribution is 5.94. The normalized spacial score (nSPS) is 15.6. The molecule has 0 spiro atoms. The van der Waals surface area contributed by atoms with Gasteiger partial charge in [-0.2, -0.15) is 0 Å². The molecule has 1 aliphatic heterocycles. The van der Waals surface area contributed by atoms with Gasteiger partial charge in [-0.3, -0.25) is 4.79 Å². The molecule has 1 heterocycles. The number of para-hydroxylation sites is 1. The van der Waals surface area contributed by atoms with E-state index in [4.69, 9.17) is 9.47 Å². The van der Waals surface area contributed by atoms with E-state index in [1.165, 1.54) is 12.1 Å². The van der Waals surface area contributed by atoms with Gasteiger partial charge in [0.2, 0.25) is 0 Å². The fraction of sp³-hybridized carbons (Fsp3) is 0.440. The zero-order valence-corrected chi connectivity index (χ0v) is 18.3. The van der Waals surface area contributed by atoms with E-state index in [0.29, 0.717) is 38.1 Å². The summed E-state index contributed by atoms with van der Waals surface area (Å²) in [5, 5.41) is 0. The summed E-state index contributed by atoms with van der Waals surface area (Å²) in [5.41, 5.74) is 1.12. The number of amides is 1. The Morgan fingerprint density at radius 3 is 2.35 bits per heavy atom. The van der Waals surface area contributed by atoms with E-state index in [1.54, 1.807) is 17.0 Å². The molecule has 31 heavy (non-hydrogen) atoms. The number of esters is 1. The van der Waals surface area contributed by atoms with Gasteiger partial charge in [0, 0.05) is 25.9 Å². The van der Waals surface area contributed by atoms with E-state index in [0.717, 1.165) is 5.56 Å². The topological polar surface area (TPSA) is 55.8 Å². The van der Waals surface area contributed by atoms with Crippen LogP contribution in [0.5, 0.6) is 5.75 Å². The number of ether oxygens (including phenoxy) is 2. The molecule has 6 heteroatoms. The van der Waals surface area contributed by atoms with E-state index >= 15 is 0 Å². The van der Waals surface area contributed by atoms with Crippen molar-refractivity contribution in [2.75, 3.05) is 13.1 Å². The quantitative estimate of drug-likeness (QED) is 0.587. The Labute approximate surface area is 183 Å². The molecule has 1 amide bonds. The number of hydrogen-bond acceptors (Lipinski definition) is 4. The maximum absolute atomic E-state index is 13.9. The first-order valence-electron chi connectivity index (χ1n) is 10.9. The van der Waals surface area contributed by atoms with Gasteiger partial charge in [0.05, 0.1) is 5.56 Å². The van der Waals surface area contributed by atoms with Crippen molar-refractivity contribution in [3.63, 3.8) is 0 Å². The van der Waals surface area contributed by atoms with Crippen LogP contribution in [0.25, 0.3) is 0 Å². The maximum Gasteiger partial charge on any atom is 0.347 e. The summed E-state index contributed by atoms with van der Waals surface area (Å²) in [7, 11) is 0. The Balaban J connectivity index is 1.55. The third-order valence-corrected chi connectivity index (χ3v) is 5.56. The van der Waals surface area contributed by atoms with Crippen LogP contribution < -0.4 is 4.74 Å². The van der Waals surface area contributed by atoms with Crippen LogP contribution in [-0.2, 0) is 9.53 Å². The lowest BCUT2D eigenvalue weighted by Gasteiger charge is -2.32. The van der Waals surface area contributed by atoms with Gasteiger partial charge in [-0.05, 0) is 36.1 Å². The Bertz CT molecular complexity index is 906. The molecule has 0 aromatic heterocycles. The summed E-state index contributed by atoms with van der Waals surface area (Å²) < 4.78 is 25.6. The minimum Gasteiger partial charge on any atom is -0.478 e. The fourth-order valence-corrected chi connectivity index (χ4v) is 3.74. The zero-order valence-electron chi connectivity index (χ0n) is 18.3. The molecule has 0 radical (unpaired) electrons. The van der Waals surface area contributed by atoms with Crippen LogP contribution in [0.1, 0.15) is 61.9 Å². The first-order chi connectivity index (χ1) is 14.9. The average molecular weight is 428 g/mol. The molecule has 166 valence electrons. The molecule has 1 fully saturated rings. The lowest BCUT2D eigenvalue weighted by Crippen LogP contribution is -2.43. The van der Waals surface area contributed by atoms with Gasteiger partial charge in [-0.25, -0.2) is 9.18 Å². The first kappa shape index (κ1) is 22.8. The van der Waals surface area contributed by atoms with Gasteiger partial charge < -0.3 is 14.4 Å². The van der Waals surface area contributed by atoms with E-state index in [9.17, 15) is 14.0 Å². The van der Waals surface area contributed by atoms with Gasteiger partial charge in [0.25, 0.3) is 5.91 Å². The second-order valence-electron chi connectivity index (χ2n) is 8.12. The smallest absolute Gasteiger partial charge is 0.347 e. The second-order valence-corrected chi connectivity index (χ2v) is 8.12. The molecule has 1 atom stereocenters. The average Bonchev–Trinajstić information content (AvgIpc) is 2.78. The van der Waals surface area contributed by atoms with Crippen LogP contribution >= 0.6 is 0 Å². The molecule has 5 nitrogen and oxygen atoms in total. The van der Waals surface area contributed by atoms with Crippen LogP contribution in [-0.4, -0.2) is 42.1 Å². The van der Waals surface area contributed by atoms with Crippen molar-refractivity contribution in [2.45, 2.75) is 58.2 Å². The summed E-state index contributed by atoms with van der Waals surface area (Å²) in [4.78, 5) is 26.9. The Morgan fingerprint density at radius 1 is 1.06 bits per heavy atom. The maximum atomic E-state index is 13.9. The second kappa shape index (κ2) is 10.4. The van der Waals surface area contributed by atoms with E-state index in [1.807, 2.05) is 31.2 Å². The van der Waals surface area contributed by atoms with E-state index in [2.05, 4.69) is 13.8 Å². The number of likely N-dealkylation sites (tertiary alicyclic amines) is 1. The third kappa shape index (κ3) is 5.63. The van der Waals surface area contributed by atoms with Crippen molar-refractivity contribution in [3.05, 3.63) is 65.5 Å². The molecule has 1 aliphatic rings. The first-order valence-corrected chi connectivity index (χ1v) is 10.9. The van der Waals surface area contributed by atoms with Crippen LogP contribution in [0.4, 0.5) is 4.39 Å². The number of carbonyl (C=O) groups excluding carboxylic acids is 2. The van der Waals surface area contributed by atoms with Crippen molar-refractivity contribution < 1.29 is 23.5 Å². The molecule has 3 rings (SSSR count). The Morgan fingerprint density at radius 2 is 1.71 bits per heavy atom. The van der Waals surface area contributed by atoms with Crippen molar-refractivity contribution in [1.82, 2.24) is 4.90 Å². The molecular formula is C25H30FNO4. The van der Waals surface area contributed by atoms with Gasteiger partial charge in [0.1, 0.15) is 17.7 Å². The Kier molecular flexibility index (Phi) is 7.66. The number of hydrogen-bond donors (Lipinski definition) is 0. The number of rotatable bonds is 7. The summed E-state index contributed by atoms with van der Waals surface area (Å²) in [6.45, 7) is 6.88. The minimum absolute atomic E-state index is 0.0706. The molecule has 1 unspecified atom stereocenters. The fourth-order valence-electron chi connectivity index (χ4n) is 3.74. The summed E-state index contributed by atoms with van der Waals surface area (Å²) >= 11 is 0. The van der Waals surface area contributed by atoms with Gasteiger partial charge in [0.15, 0.2) is 6.10 Å². The van der Waals surface area contributed by atoms with E-state index in [-0.39, 0.29) is 29.5 Å². The molecule has 0 bridgehead atoms. The summed E-state index contributed by atoms with van der Waals surface area (Å²) in [6.07, 6.45) is 0.569. The monoisotopic (exact) mass is 427 g/mol. The van der Waals surface area contributed by atoms with Crippen LogP contribution in [0, 0.1) is 5.82 Å². The van der Waals surface area contributed by atoms with Crippen LogP contribution in [0.2, 0.25) is 0 Å². The standard InChI is InChI=1S/C25H30FNO4/c1-4-22(31-23-12-8-6-9-19(23)17(2)3)25(29)30-18-13-15-27(16-14-18)24(28)20-10-5-7-11-21(20)26/h5-12,17-18,22H,4,13-16H2,1-3H3. The van der Waals surface area contributed by atoms with Crippen molar-refractivity contribution in [2.24, 2.45) is 0 Å². The predicted octanol–water partition coefficient (Wildman–Crippen LogP) is 4.95. The number of piperidine rings is 1. The highest BCUT2D eigenvalue weighted by Gasteiger charge is 2.30. The Hall–Kier alpha value is -2.89.